The number of pyridine rings is 1. The van der Waals surface area contributed by atoms with Gasteiger partial charge >= 0.3 is 6.18 Å². The van der Waals surface area contributed by atoms with Gasteiger partial charge in [0, 0.05) is 55.8 Å². The second-order valence-electron chi connectivity index (χ2n) is 7.56. The summed E-state index contributed by atoms with van der Waals surface area (Å²) in [5.41, 5.74) is 0.800. The van der Waals surface area contributed by atoms with E-state index >= 15 is 0 Å². The zero-order valence-corrected chi connectivity index (χ0v) is 18.2. The highest BCUT2D eigenvalue weighted by atomic mass is 35.5. The number of rotatable bonds is 4. The van der Waals surface area contributed by atoms with Gasteiger partial charge in [-0.15, -0.1) is 0 Å². The molecule has 3 aromatic rings. The lowest BCUT2D eigenvalue weighted by Crippen LogP contribution is -2.49. The Hall–Kier alpha value is -3.34. The number of benzene rings is 1. The molecule has 1 aliphatic heterocycles. The highest BCUT2D eigenvalue weighted by Gasteiger charge is 2.34. The Kier molecular flexibility index (Phi) is 6.65. The molecule has 3 heterocycles. The van der Waals surface area contributed by atoms with Crippen molar-refractivity contribution >= 4 is 23.3 Å². The first-order valence-corrected chi connectivity index (χ1v) is 10.5. The number of carbonyl (C=O) groups is 1. The zero-order chi connectivity index (χ0) is 24.5. The van der Waals surface area contributed by atoms with Crippen molar-refractivity contribution in [1.29, 1.82) is 0 Å². The Morgan fingerprint density at radius 3 is 2.38 bits per heavy atom. The van der Waals surface area contributed by atoms with E-state index in [1.807, 2.05) is 0 Å². The number of hydrogen-bond donors (Lipinski definition) is 0. The maximum absolute atomic E-state index is 14.5. The van der Waals surface area contributed by atoms with Crippen LogP contribution in [0.4, 0.5) is 27.8 Å². The number of aromatic nitrogens is 3. The number of nitrogens with zero attached hydrogens (tertiary/aromatic N) is 5. The molecule has 1 amide bonds. The van der Waals surface area contributed by atoms with Gasteiger partial charge in [0.15, 0.2) is 0 Å². The van der Waals surface area contributed by atoms with Crippen LogP contribution in [0.5, 0.6) is 0 Å². The van der Waals surface area contributed by atoms with E-state index in [9.17, 15) is 26.7 Å². The molecule has 0 saturated carbocycles. The lowest BCUT2D eigenvalue weighted by Gasteiger charge is -2.35. The van der Waals surface area contributed by atoms with E-state index in [1.54, 1.807) is 11.0 Å². The second-order valence-corrected chi connectivity index (χ2v) is 7.97. The Bertz CT molecular complexity index is 1210. The highest BCUT2D eigenvalue weighted by Crippen LogP contribution is 2.35. The normalized spacial score (nSPS) is 14.4. The molecule has 178 valence electrons. The van der Waals surface area contributed by atoms with Crippen molar-refractivity contribution in [3.63, 3.8) is 0 Å². The van der Waals surface area contributed by atoms with Gasteiger partial charge in [0.2, 0.25) is 5.91 Å². The molecule has 1 fully saturated rings. The average molecular weight is 498 g/mol. The van der Waals surface area contributed by atoms with E-state index < -0.39 is 30.1 Å². The average Bonchev–Trinajstić information content (AvgIpc) is 2.78. The SMILES string of the molecule is O=C(CC(F)(F)F)N1CCN(c2cnc(-c3ccc(F)cc3F)c(-c3ccncc3Cl)n2)CC1. The van der Waals surface area contributed by atoms with Crippen LogP contribution in [0.2, 0.25) is 5.02 Å². The molecule has 2 aromatic heterocycles. The molecule has 12 heteroatoms. The first kappa shape index (κ1) is 23.8. The number of halogens is 6. The summed E-state index contributed by atoms with van der Waals surface area (Å²) in [7, 11) is 0. The molecule has 0 radical (unpaired) electrons. The smallest absolute Gasteiger partial charge is 0.352 e. The van der Waals surface area contributed by atoms with Crippen LogP contribution in [0.1, 0.15) is 6.42 Å². The number of amides is 1. The lowest BCUT2D eigenvalue weighted by molar-refractivity contribution is -0.161. The third-order valence-electron chi connectivity index (χ3n) is 5.28. The first-order chi connectivity index (χ1) is 16.1. The molecule has 1 aromatic carbocycles. The minimum Gasteiger partial charge on any atom is -0.352 e. The van der Waals surface area contributed by atoms with E-state index in [1.165, 1.54) is 24.7 Å². The van der Waals surface area contributed by atoms with Crippen molar-refractivity contribution < 1.29 is 26.7 Å². The Morgan fingerprint density at radius 2 is 1.74 bits per heavy atom. The van der Waals surface area contributed by atoms with Gasteiger partial charge in [0.25, 0.3) is 0 Å². The van der Waals surface area contributed by atoms with Crippen LogP contribution in [-0.2, 0) is 4.79 Å². The summed E-state index contributed by atoms with van der Waals surface area (Å²) in [6, 6.07) is 4.66. The van der Waals surface area contributed by atoms with E-state index in [0.717, 1.165) is 17.0 Å². The maximum atomic E-state index is 14.5. The molecule has 0 atom stereocenters. The fraction of sp³-hybridized carbons (Fsp3) is 0.273. The second kappa shape index (κ2) is 9.49. The minimum absolute atomic E-state index is 0.0193. The van der Waals surface area contributed by atoms with Gasteiger partial charge < -0.3 is 9.80 Å². The van der Waals surface area contributed by atoms with Crippen molar-refractivity contribution in [2.45, 2.75) is 12.6 Å². The summed E-state index contributed by atoms with van der Waals surface area (Å²) >= 11 is 6.29. The van der Waals surface area contributed by atoms with E-state index in [2.05, 4.69) is 15.0 Å². The summed E-state index contributed by atoms with van der Waals surface area (Å²) in [5, 5.41) is 0.236. The monoisotopic (exact) mass is 497 g/mol. The van der Waals surface area contributed by atoms with Gasteiger partial charge in [-0.25, -0.2) is 18.7 Å². The van der Waals surface area contributed by atoms with Gasteiger partial charge in [0.05, 0.1) is 16.9 Å². The largest absolute Gasteiger partial charge is 0.397 e. The Morgan fingerprint density at radius 1 is 1.00 bits per heavy atom. The third-order valence-corrected chi connectivity index (χ3v) is 5.58. The predicted molar refractivity (Wildman–Crippen MR) is 115 cm³/mol. The molecule has 6 nitrogen and oxygen atoms in total. The molecular weight excluding hydrogens is 481 g/mol. The van der Waals surface area contributed by atoms with Crippen LogP contribution in [-0.4, -0.2) is 58.1 Å². The van der Waals surface area contributed by atoms with E-state index in [-0.39, 0.29) is 48.2 Å². The summed E-state index contributed by atoms with van der Waals surface area (Å²) in [6.45, 7) is 0.616. The van der Waals surface area contributed by atoms with Crippen LogP contribution in [0, 0.1) is 11.6 Å². The zero-order valence-electron chi connectivity index (χ0n) is 17.5. The molecule has 34 heavy (non-hydrogen) atoms. The number of carbonyl (C=O) groups excluding carboxylic acids is 1. The molecule has 4 rings (SSSR count). The van der Waals surface area contributed by atoms with E-state index in [4.69, 9.17) is 11.6 Å². The Balaban J connectivity index is 1.65. The van der Waals surface area contributed by atoms with Crippen molar-refractivity contribution in [1.82, 2.24) is 19.9 Å². The van der Waals surface area contributed by atoms with Crippen molar-refractivity contribution in [2.75, 3.05) is 31.1 Å². The standard InChI is InChI=1S/C22H17ClF5N5O/c23-16-11-29-4-3-14(16)21-20(15-2-1-13(24)9-17(15)25)30-12-18(31-21)32-5-7-33(8-6-32)19(34)10-22(26,27)28/h1-4,9,11-12H,5-8,10H2. The predicted octanol–water partition coefficient (Wildman–Crippen LogP) is 4.74. The minimum atomic E-state index is -4.57. The van der Waals surface area contributed by atoms with Gasteiger partial charge in [-0.3, -0.25) is 9.78 Å². The summed E-state index contributed by atoms with van der Waals surface area (Å²) < 4.78 is 65.6. The first-order valence-electron chi connectivity index (χ1n) is 10.1. The molecule has 0 aliphatic carbocycles. The Labute approximate surface area is 196 Å². The van der Waals surface area contributed by atoms with Crippen molar-refractivity contribution in [2.24, 2.45) is 0 Å². The van der Waals surface area contributed by atoms with Crippen LogP contribution >= 0.6 is 11.6 Å². The van der Waals surface area contributed by atoms with Crippen molar-refractivity contribution in [3.05, 3.63) is 59.5 Å². The van der Waals surface area contributed by atoms with Gasteiger partial charge in [-0.2, -0.15) is 13.2 Å². The van der Waals surface area contributed by atoms with Crippen LogP contribution in [0.25, 0.3) is 22.5 Å². The molecule has 0 bridgehead atoms. The number of anilines is 1. The molecule has 1 saturated heterocycles. The van der Waals surface area contributed by atoms with Crippen LogP contribution < -0.4 is 4.90 Å². The summed E-state index contributed by atoms with van der Waals surface area (Å²) in [6.07, 6.45) is -1.81. The molecule has 0 N–H and O–H groups in total. The fourth-order valence-corrected chi connectivity index (χ4v) is 3.84. The summed E-state index contributed by atoms with van der Waals surface area (Å²) in [4.78, 5) is 27.7. The summed E-state index contributed by atoms with van der Waals surface area (Å²) in [5.74, 6) is -2.18. The molecule has 0 spiro atoms. The topological polar surface area (TPSA) is 62.2 Å². The fourth-order valence-electron chi connectivity index (χ4n) is 3.63. The third kappa shape index (κ3) is 5.24. The van der Waals surface area contributed by atoms with Crippen LogP contribution in [0.3, 0.4) is 0 Å². The number of alkyl halides is 3. The quantitative estimate of drug-likeness (QED) is 0.487. The molecule has 0 unspecified atom stereocenters. The maximum Gasteiger partial charge on any atom is 0.397 e. The number of piperazine rings is 1. The highest BCUT2D eigenvalue weighted by molar-refractivity contribution is 6.33. The number of hydrogen-bond acceptors (Lipinski definition) is 5. The van der Waals surface area contributed by atoms with Gasteiger partial charge in [0.1, 0.15) is 29.6 Å². The van der Waals surface area contributed by atoms with Gasteiger partial charge in [-0.1, -0.05) is 11.6 Å². The van der Waals surface area contributed by atoms with Crippen LogP contribution in [0.15, 0.2) is 42.9 Å². The molecular formula is C22H17ClF5N5O. The van der Waals surface area contributed by atoms with Crippen molar-refractivity contribution in [3.8, 4) is 22.5 Å². The molecule has 1 aliphatic rings. The van der Waals surface area contributed by atoms with Gasteiger partial charge in [-0.05, 0) is 18.2 Å². The lowest BCUT2D eigenvalue weighted by atomic mass is 10.0. The van der Waals surface area contributed by atoms with E-state index in [0.29, 0.717) is 11.4 Å².